The predicted molar refractivity (Wildman–Crippen MR) is 76.8 cm³/mol. The first-order chi connectivity index (χ1) is 10.3. The van der Waals surface area contributed by atoms with Gasteiger partial charge in [0.25, 0.3) is 0 Å². The van der Waals surface area contributed by atoms with E-state index in [1.807, 2.05) is 24.5 Å². The zero-order valence-electron chi connectivity index (χ0n) is 12.3. The lowest BCUT2D eigenvalue weighted by Crippen LogP contribution is -2.31. The number of pyridine rings is 1. The van der Waals surface area contributed by atoms with Gasteiger partial charge in [-0.05, 0) is 12.8 Å². The molecule has 21 heavy (non-hydrogen) atoms. The van der Waals surface area contributed by atoms with E-state index in [0.29, 0.717) is 6.42 Å². The Bertz CT molecular complexity index is 537. The van der Waals surface area contributed by atoms with E-state index < -0.39 is 0 Å². The van der Waals surface area contributed by atoms with Gasteiger partial charge in [-0.1, -0.05) is 6.92 Å². The summed E-state index contributed by atoms with van der Waals surface area (Å²) in [5.41, 5.74) is 0.882. The molecule has 0 amide bonds. The molecule has 0 saturated heterocycles. The van der Waals surface area contributed by atoms with Crippen LogP contribution in [0.1, 0.15) is 31.9 Å². The van der Waals surface area contributed by atoms with Crippen molar-refractivity contribution in [3.8, 4) is 5.75 Å². The van der Waals surface area contributed by atoms with Crippen LogP contribution >= 0.6 is 0 Å². The number of Topliss-reactive ketones (excluding diaryl/α,β-unsaturated/α-hetero) is 1. The van der Waals surface area contributed by atoms with E-state index in [2.05, 4.69) is 26.9 Å². The molecule has 0 fully saturated rings. The Morgan fingerprint density at radius 3 is 2.86 bits per heavy atom. The summed E-state index contributed by atoms with van der Waals surface area (Å²) in [4.78, 5) is 11.7. The van der Waals surface area contributed by atoms with Crippen molar-refractivity contribution in [2.24, 2.45) is 0 Å². The van der Waals surface area contributed by atoms with Gasteiger partial charge in [0.1, 0.15) is 18.9 Å². The number of aromatic amines is 1. The van der Waals surface area contributed by atoms with Crippen LogP contribution in [0.2, 0.25) is 0 Å². The molecule has 0 bridgehead atoms. The molecule has 0 aliphatic rings. The number of aryl methyl sites for hydroxylation is 2. The Morgan fingerprint density at radius 2 is 2.19 bits per heavy atom. The maximum absolute atomic E-state index is 11.7. The van der Waals surface area contributed by atoms with Gasteiger partial charge in [-0.25, -0.2) is 4.57 Å². The zero-order valence-corrected chi connectivity index (χ0v) is 12.3. The monoisotopic (exact) mass is 289 g/mol. The van der Waals surface area contributed by atoms with Gasteiger partial charge in [0.05, 0.1) is 11.9 Å². The number of carbonyl (C=O) groups is 1. The highest BCUT2D eigenvalue weighted by atomic mass is 16.5. The molecule has 0 spiro atoms. The zero-order chi connectivity index (χ0) is 14.9. The first-order valence-corrected chi connectivity index (χ1v) is 7.26. The number of aromatic nitrogens is 4. The summed E-state index contributed by atoms with van der Waals surface area (Å²) in [6.45, 7) is 3.24. The topological polar surface area (TPSA) is 71.8 Å². The Hall–Kier alpha value is -2.24. The summed E-state index contributed by atoms with van der Waals surface area (Å²) in [6, 6.07) is 3.77. The van der Waals surface area contributed by atoms with E-state index in [9.17, 15) is 4.79 Å². The van der Waals surface area contributed by atoms with Crippen molar-refractivity contribution in [3.63, 3.8) is 0 Å². The van der Waals surface area contributed by atoms with Crippen LogP contribution in [0.25, 0.3) is 0 Å². The van der Waals surface area contributed by atoms with E-state index in [1.54, 1.807) is 6.20 Å². The molecule has 2 aromatic heterocycles. The van der Waals surface area contributed by atoms with E-state index in [1.165, 1.54) is 0 Å². The number of rotatable bonds is 9. The molecule has 0 atom stereocenters. The largest absolute Gasteiger partial charge is 0.485 e. The first kappa shape index (κ1) is 15.2. The number of carbonyl (C=O) groups excluding carboxylic acids is 1. The molecule has 112 valence electrons. The number of hydrogen-bond donors (Lipinski definition) is 1. The third-order valence-electron chi connectivity index (χ3n) is 3.10. The van der Waals surface area contributed by atoms with Crippen LogP contribution in [-0.4, -0.2) is 27.8 Å². The van der Waals surface area contributed by atoms with Gasteiger partial charge in [-0.3, -0.25) is 4.79 Å². The van der Waals surface area contributed by atoms with Crippen LogP contribution in [0.3, 0.4) is 0 Å². The molecule has 6 heteroatoms. The summed E-state index contributed by atoms with van der Waals surface area (Å²) in [6.07, 6.45) is 8.72. The van der Waals surface area contributed by atoms with E-state index in [4.69, 9.17) is 4.74 Å². The summed E-state index contributed by atoms with van der Waals surface area (Å²) < 4.78 is 7.58. The normalized spacial score (nSPS) is 10.5. The Morgan fingerprint density at radius 1 is 1.38 bits per heavy atom. The fraction of sp³-hybridized carbons (Fsp3) is 0.467. The van der Waals surface area contributed by atoms with E-state index in [0.717, 1.165) is 37.3 Å². The quantitative estimate of drug-likeness (QED) is 0.710. The summed E-state index contributed by atoms with van der Waals surface area (Å²) in [7, 11) is 0. The van der Waals surface area contributed by atoms with Crippen molar-refractivity contribution in [3.05, 3.63) is 36.4 Å². The standard InChI is InChI=1S/C15H21N4O2/c1-2-8-19-9-6-15(7-10-19)21-12-14(20)5-3-4-13-11-16-18-17-13/h6-7,9-11H,2-5,8,12H2,1H3,(H,16,17,18)/q+1. The van der Waals surface area contributed by atoms with Crippen molar-refractivity contribution >= 4 is 5.78 Å². The van der Waals surface area contributed by atoms with Crippen molar-refractivity contribution in [2.75, 3.05) is 6.61 Å². The van der Waals surface area contributed by atoms with Crippen molar-refractivity contribution < 1.29 is 14.1 Å². The number of ether oxygens (including phenoxy) is 1. The van der Waals surface area contributed by atoms with Crippen LogP contribution in [0.5, 0.6) is 5.75 Å². The maximum atomic E-state index is 11.7. The van der Waals surface area contributed by atoms with Gasteiger partial charge in [0, 0.05) is 25.0 Å². The third-order valence-corrected chi connectivity index (χ3v) is 3.10. The second-order valence-corrected chi connectivity index (χ2v) is 4.91. The lowest BCUT2D eigenvalue weighted by atomic mass is 10.1. The van der Waals surface area contributed by atoms with Crippen LogP contribution < -0.4 is 9.30 Å². The summed E-state index contributed by atoms with van der Waals surface area (Å²) in [5.74, 6) is 0.830. The van der Waals surface area contributed by atoms with E-state index >= 15 is 0 Å². The van der Waals surface area contributed by atoms with Gasteiger partial charge in [-0.15, -0.1) is 0 Å². The highest BCUT2D eigenvalue weighted by molar-refractivity contribution is 5.79. The Kier molecular flexibility index (Phi) is 5.87. The van der Waals surface area contributed by atoms with Crippen molar-refractivity contribution in [2.45, 2.75) is 39.2 Å². The second-order valence-electron chi connectivity index (χ2n) is 4.91. The fourth-order valence-corrected chi connectivity index (χ4v) is 2.00. The molecule has 2 heterocycles. The summed E-state index contributed by atoms with van der Waals surface area (Å²) in [5, 5.41) is 10.2. The van der Waals surface area contributed by atoms with Gasteiger partial charge >= 0.3 is 0 Å². The minimum Gasteiger partial charge on any atom is -0.485 e. The first-order valence-electron chi connectivity index (χ1n) is 7.26. The molecule has 1 N–H and O–H groups in total. The molecule has 0 saturated carbocycles. The predicted octanol–water partition coefficient (Wildman–Crippen LogP) is 1.47. The SMILES string of the molecule is CCC[n+]1ccc(OCC(=O)CCCc2cn[nH]n2)cc1. The maximum Gasteiger partial charge on any atom is 0.172 e. The average Bonchev–Trinajstić information content (AvgIpc) is 3.00. The number of nitrogens with zero attached hydrogens (tertiary/aromatic N) is 3. The van der Waals surface area contributed by atoms with Gasteiger partial charge < -0.3 is 4.74 Å². The second kappa shape index (κ2) is 8.14. The molecule has 2 aromatic rings. The van der Waals surface area contributed by atoms with Crippen LogP contribution in [0, 0.1) is 0 Å². The van der Waals surface area contributed by atoms with Crippen LogP contribution in [-0.2, 0) is 17.8 Å². The molecule has 2 rings (SSSR count). The minimum atomic E-state index is 0.101. The van der Waals surface area contributed by atoms with Gasteiger partial charge in [0.2, 0.25) is 0 Å². The highest BCUT2D eigenvalue weighted by Crippen LogP contribution is 2.07. The number of ketones is 1. The Labute approximate surface area is 124 Å². The minimum absolute atomic E-state index is 0.101. The smallest absolute Gasteiger partial charge is 0.172 e. The number of H-pyrrole nitrogens is 1. The Balaban J connectivity index is 1.66. The van der Waals surface area contributed by atoms with Crippen molar-refractivity contribution in [1.29, 1.82) is 0 Å². The van der Waals surface area contributed by atoms with Crippen LogP contribution in [0.4, 0.5) is 0 Å². The fourth-order valence-electron chi connectivity index (χ4n) is 2.00. The lowest BCUT2D eigenvalue weighted by Gasteiger charge is -2.04. The third kappa shape index (κ3) is 5.33. The average molecular weight is 289 g/mol. The molecular formula is C15H21N4O2+. The van der Waals surface area contributed by atoms with Gasteiger partial charge in [0.15, 0.2) is 18.2 Å². The molecule has 0 aliphatic heterocycles. The molecule has 0 radical (unpaired) electrons. The molecule has 0 aliphatic carbocycles. The van der Waals surface area contributed by atoms with Gasteiger partial charge in [-0.2, -0.15) is 15.4 Å². The molecule has 6 nitrogen and oxygen atoms in total. The molecular weight excluding hydrogens is 268 g/mol. The van der Waals surface area contributed by atoms with Crippen LogP contribution in [0.15, 0.2) is 30.7 Å². The van der Waals surface area contributed by atoms with Crippen molar-refractivity contribution in [1.82, 2.24) is 15.4 Å². The molecule has 0 aromatic carbocycles. The summed E-state index contributed by atoms with van der Waals surface area (Å²) >= 11 is 0. The number of nitrogens with one attached hydrogen (secondary N) is 1. The van der Waals surface area contributed by atoms with E-state index in [-0.39, 0.29) is 12.4 Å². The highest BCUT2D eigenvalue weighted by Gasteiger charge is 2.06. The molecule has 0 unspecified atom stereocenters. The lowest BCUT2D eigenvalue weighted by molar-refractivity contribution is -0.697. The number of hydrogen-bond acceptors (Lipinski definition) is 4.